The maximum absolute atomic E-state index is 12.6. The Hall–Kier alpha value is -6.97. The van der Waals surface area contributed by atoms with Crippen LogP contribution in [0.25, 0.3) is 0 Å². The van der Waals surface area contributed by atoms with E-state index in [1.807, 2.05) is 23.1 Å². The van der Waals surface area contributed by atoms with E-state index in [9.17, 15) is 14.4 Å². The molecule has 3 aliphatic heterocycles. The number of pyridine rings is 2. The van der Waals surface area contributed by atoms with Crippen LogP contribution in [0, 0.1) is 0 Å². The molecule has 5 heterocycles. The van der Waals surface area contributed by atoms with E-state index in [-0.39, 0.29) is 18.0 Å². The maximum atomic E-state index is 12.6. The summed E-state index contributed by atoms with van der Waals surface area (Å²) in [6.45, 7) is 3.01. The van der Waals surface area contributed by atoms with Gasteiger partial charge in [0.15, 0.2) is 34.6 Å². The van der Waals surface area contributed by atoms with Gasteiger partial charge in [0.2, 0.25) is 0 Å². The van der Waals surface area contributed by atoms with Crippen molar-refractivity contribution >= 4 is 40.6 Å². The number of Topliss-reactive ketones (excluding diaryl/α,β-unsaturated/α-hetero) is 1. The number of nitrogens with one attached hydrogen (secondary N) is 2. The molecule has 0 unspecified atom stereocenters. The minimum Gasteiger partial charge on any atom is -0.493 e. The summed E-state index contributed by atoms with van der Waals surface area (Å²) < 4.78 is 25.5. The van der Waals surface area contributed by atoms with Gasteiger partial charge in [-0.1, -0.05) is 0 Å². The molecule has 2 aromatic heterocycles. The number of nitrogen functional groups attached to an aromatic ring is 1. The van der Waals surface area contributed by atoms with Gasteiger partial charge in [-0.25, -0.2) is 0 Å². The largest absolute Gasteiger partial charge is 0.493 e. The van der Waals surface area contributed by atoms with E-state index in [4.69, 9.17) is 24.7 Å². The number of carbonyl (C=O) groups excluding carboxylic acids is 3. The molecule has 2 aromatic carbocycles. The minimum atomic E-state index is -0.533. The second kappa shape index (κ2) is 18.7. The van der Waals surface area contributed by atoms with Crippen molar-refractivity contribution in [3.05, 3.63) is 107 Å². The summed E-state index contributed by atoms with van der Waals surface area (Å²) in [7, 11) is 7.63. The van der Waals surface area contributed by atoms with Gasteiger partial charge in [0.1, 0.15) is 23.9 Å². The monoisotopic (exact) mass is 750 g/mol. The van der Waals surface area contributed by atoms with Crippen LogP contribution in [-0.4, -0.2) is 106 Å². The summed E-state index contributed by atoms with van der Waals surface area (Å²) in [5.41, 5.74) is 10.1. The van der Waals surface area contributed by atoms with E-state index in [1.165, 1.54) is 13.3 Å². The zero-order valence-corrected chi connectivity index (χ0v) is 31.1. The van der Waals surface area contributed by atoms with E-state index in [0.717, 1.165) is 41.6 Å². The summed E-state index contributed by atoms with van der Waals surface area (Å²) in [6.07, 6.45) is 7.53. The smallest absolute Gasteiger partial charge is 0.313 e. The van der Waals surface area contributed by atoms with Gasteiger partial charge >= 0.3 is 5.97 Å². The fraction of sp³-hybridized carbons (Fsp3) is 0.256. The lowest BCUT2D eigenvalue weighted by Crippen LogP contribution is -2.36. The summed E-state index contributed by atoms with van der Waals surface area (Å²) in [5.74, 6) is 3.94. The predicted molar refractivity (Wildman–Crippen MR) is 206 cm³/mol. The molecule has 0 saturated heterocycles. The van der Waals surface area contributed by atoms with E-state index < -0.39 is 5.97 Å². The summed E-state index contributed by atoms with van der Waals surface area (Å²) in [6, 6.07) is 14.1. The van der Waals surface area contributed by atoms with E-state index in [2.05, 4.69) is 35.3 Å². The molecule has 3 aliphatic rings. The average Bonchev–Trinajstić information content (AvgIpc) is 3.95. The summed E-state index contributed by atoms with van der Waals surface area (Å²) in [5, 5.41) is 6.50. The van der Waals surface area contributed by atoms with Gasteiger partial charge in [0.25, 0.3) is 0 Å². The Morgan fingerprint density at radius 1 is 0.800 bits per heavy atom. The molecule has 0 bridgehead atoms. The number of fused-ring (bicyclic) bond motifs is 3. The van der Waals surface area contributed by atoms with Crippen LogP contribution in [0.3, 0.4) is 0 Å². The first-order valence-electron chi connectivity index (χ1n) is 17.0. The minimum absolute atomic E-state index is 0.115. The number of aromatic nitrogens is 2. The van der Waals surface area contributed by atoms with Crippen molar-refractivity contribution in [3.8, 4) is 23.0 Å². The number of carbonyl (C=O) groups is 3. The molecule has 4 N–H and O–H groups in total. The molecule has 7 rings (SSSR count). The number of aliphatic imine (C=N–C) groups is 2. The van der Waals surface area contributed by atoms with Crippen molar-refractivity contribution in [2.75, 3.05) is 72.8 Å². The number of ketones is 2. The number of rotatable bonds is 10. The fourth-order valence-corrected chi connectivity index (χ4v) is 5.63. The highest BCUT2D eigenvalue weighted by atomic mass is 16.5. The molecule has 0 fully saturated rings. The maximum Gasteiger partial charge on any atom is 0.313 e. The second-order valence-corrected chi connectivity index (χ2v) is 11.7. The number of methoxy groups -OCH3 is 5. The lowest BCUT2D eigenvalue weighted by Gasteiger charge is -2.31. The number of hydrogen-bond donors (Lipinski definition) is 3. The Kier molecular flexibility index (Phi) is 13.3. The lowest BCUT2D eigenvalue weighted by molar-refractivity contribution is -0.139. The number of anilines is 2. The zero-order valence-electron chi connectivity index (χ0n) is 31.1. The zero-order chi connectivity index (χ0) is 39.3. The number of nitrogens with zero attached hydrogens (tertiary/aromatic N) is 5. The third kappa shape index (κ3) is 9.53. The van der Waals surface area contributed by atoms with Crippen LogP contribution >= 0.6 is 0 Å². The number of benzene rings is 2. The number of ether oxygens (including phenoxy) is 5. The van der Waals surface area contributed by atoms with Crippen LogP contribution in [0.1, 0.15) is 38.3 Å². The van der Waals surface area contributed by atoms with Crippen molar-refractivity contribution in [2.45, 2.75) is 6.42 Å². The second-order valence-electron chi connectivity index (χ2n) is 11.7. The van der Waals surface area contributed by atoms with Crippen molar-refractivity contribution in [1.82, 2.24) is 20.2 Å². The van der Waals surface area contributed by atoms with E-state index in [1.54, 1.807) is 83.4 Å². The van der Waals surface area contributed by atoms with Crippen molar-refractivity contribution in [3.63, 3.8) is 0 Å². The Bertz CT molecular complexity index is 2110. The molecule has 0 atom stereocenters. The van der Waals surface area contributed by atoms with Gasteiger partial charge < -0.3 is 45.0 Å². The number of hydrogen-bond acceptors (Lipinski definition) is 16. The Balaban J connectivity index is 0.000000172. The van der Waals surface area contributed by atoms with Crippen LogP contribution < -0.4 is 35.3 Å². The number of amidine groups is 2. The Morgan fingerprint density at radius 2 is 1.42 bits per heavy atom. The van der Waals surface area contributed by atoms with Gasteiger partial charge in [0.05, 0.1) is 54.3 Å². The quantitative estimate of drug-likeness (QED) is 0.0695. The van der Waals surface area contributed by atoms with Crippen molar-refractivity contribution in [2.24, 2.45) is 9.98 Å². The van der Waals surface area contributed by atoms with Gasteiger partial charge in [-0.2, -0.15) is 0 Å². The first-order valence-corrected chi connectivity index (χ1v) is 17.0. The number of esters is 1. The summed E-state index contributed by atoms with van der Waals surface area (Å²) >= 11 is 0. The number of allylic oxidation sites excluding steroid dienone is 1. The lowest BCUT2D eigenvalue weighted by atomic mass is 10.1. The Labute approximate surface area is 318 Å². The highest BCUT2D eigenvalue weighted by Gasteiger charge is 2.31. The van der Waals surface area contributed by atoms with Gasteiger partial charge in [-0.15, -0.1) is 0 Å². The number of nitrogens with two attached hydrogens (primary N) is 1. The third-order valence-electron chi connectivity index (χ3n) is 8.37. The standard InChI is InChI=1S/C19H18N4O3.C11H15N3O2.C9H9NO3/c1-25-16-8-13-14(9-17(16)26-2)22-18(23-7-6-21-19(13)23)10-15(24)12-4-3-5-20-11-12;1-15-9-5-7(11-13-3-4-14-11)8(12)6-10(9)16-2;1-13-9(12)5-8(11)7-3-2-4-10-6-7/h3-5,8-11,22H,6-7H2,1-2H3;5-6H,3-4,12H2,1-2H3,(H,13,14);2-4,6H,5H2,1H3. The molecule has 0 saturated carbocycles. The molecule has 4 aromatic rings. The molecule has 0 aliphatic carbocycles. The topological polar surface area (TPSA) is 201 Å². The molecule has 16 heteroatoms. The van der Waals surface area contributed by atoms with Crippen LogP contribution in [0.4, 0.5) is 11.4 Å². The molecule has 0 spiro atoms. The first kappa shape index (κ1) is 39.2. The van der Waals surface area contributed by atoms with Crippen LogP contribution in [0.5, 0.6) is 23.0 Å². The molecular weight excluding hydrogens is 708 g/mol. The van der Waals surface area contributed by atoms with Gasteiger partial charge in [-0.3, -0.25) is 34.3 Å². The molecule has 0 amide bonds. The SMILES string of the molecule is COC(=O)CC(=O)c1cccnc1.COc1cc(N)c(C2=NCCN2)cc1OC.COc1cc2c(cc1OC)C1=NCCN1C(=CC(=O)c1cccnc1)N2. The van der Waals surface area contributed by atoms with E-state index >= 15 is 0 Å². The van der Waals surface area contributed by atoms with Gasteiger partial charge in [-0.05, 0) is 36.4 Å². The van der Waals surface area contributed by atoms with Crippen LogP contribution in [-0.2, 0) is 9.53 Å². The van der Waals surface area contributed by atoms with Crippen molar-refractivity contribution < 1.29 is 38.1 Å². The molecule has 0 radical (unpaired) electrons. The average molecular weight is 751 g/mol. The molecular formula is C39H42N8O8. The highest BCUT2D eigenvalue weighted by Crippen LogP contribution is 2.38. The highest BCUT2D eigenvalue weighted by molar-refractivity contribution is 6.11. The van der Waals surface area contributed by atoms with E-state index in [0.29, 0.717) is 58.7 Å². The van der Waals surface area contributed by atoms with Crippen LogP contribution in [0.15, 0.2) is 95.2 Å². The van der Waals surface area contributed by atoms with Gasteiger partial charge in [0, 0.05) is 84.0 Å². The summed E-state index contributed by atoms with van der Waals surface area (Å²) in [4.78, 5) is 53.3. The normalized spacial score (nSPS) is 14.1. The molecule has 286 valence electrons. The third-order valence-corrected chi connectivity index (χ3v) is 8.37. The molecule has 55 heavy (non-hydrogen) atoms. The fourth-order valence-electron chi connectivity index (χ4n) is 5.63. The Morgan fingerprint density at radius 3 is 2.00 bits per heavy atom. The predicted octanol–water partition coefficient (Wildman–Crippen LogP) is 3.77. The van der Waals surface area contributed by atoms with Crippen molar-refractivity contribution in [1.29, 1.82) is 0 Å². The first-order chi connectivity index (χ1) is 26.7. The van der Waals surface area contributed by atoms with Crippen LogP contribution in [0.2, 0.25) is 0 Å². The molecule has 16 nitrogen and oxygen atoms in total.